The first-order valence-corrected chi connectivity index (χ1v) is 10.7. The molecule has 0 saturated carbocycles. The van der Waals surface area contributed by atoms with Crippen LogP contribution < -0.4 is 19.1 Å². The van der Waals surface area contributed by atoms with Gasteiger partial charge in [0.15, 0.2) is 17.3 Å². The van der Waals surface area contributed by atoms with E-state index in [0.717, 1.165) is 11.1 Å². The summed E-state index contributed by atoms with van der Waals surface area (Å²) in [6.45, 7) is 3.84. The number of carbonyl (C=O) groups excluding carboxylic acids is 1. The lowest BCUT2D eigenvalue weighted by atomic mass is 10.1. The molecular formula is C27H27NO5. The van der Waals surface area contributed by atoms with Crippen molar-refractivity contribution in [3.8, 4) is 28.4 Å². The van der Waals surface area contributed by atoms with Crippen molar-refractivity contribution in [2.75, 3.05) is 25.2 Å². The zero-order valence-electron chi connectivity index (χ0n) is 18.9. The summed E-state index contributed by atoms with van der Waals surface area (Å²) in [6.07, 6.45) is 1.76. The zero-order valence-corrected chi connectivity index (χ0v) is 18.9. The van der Waals surface area contributed by atoms with Gasteiger partial charge in [-0.25, -0.2) is 0 Å². The van der Waals surface area contributed by atoms with E-state index in [1.165, 1.54) is 7.11 Å². The molecule has 1 heterocycles. The molecule has 1 N–H and O–H groups in total. The predicted octanol–water partition coefficient (Wildman–Crippen LogP) is 4.82. The summed E-state index contributed by atoms with van der Waals surface area (Å²) in [6, 6.07) is 23.0. The van der Waals surface area contributed by atoms with Crippen LogP contribution in [0.2, 0.25) is 0 Å². The van der Waals surface area contributed by atoms with E-state index in [1.807, 2.05) is 54.6 Å². The van der Waals surface area contributed by atoms with Crippen LogP contribution >= 0.6 is 0 Å². The number of rotatable bonds is 8. The van der Waals surface area contributed by atoms with Gasteiger partial charge in [0.25, 0.3) is 5.91 Å². The van der Waals surface area contributed by atoms with E-state index in [1.54, 1.807) is 43.0 Å². The fourth-order valence-corrected chi connectivity index (χ4v) is 3.46. The number of hydrogen-bond acceptors (Lipinski definition) is 5. The minimum absolute atomic E-state index is 0.119. The van der Waals surface area contributed by atoms with Crippen LogP contribution in [-0.4, -0.2) is 36.9 Å². The molecule has 6 nitrogen and oxygen atoms in total. The van der Waals surface area contributed by atoms with Gasteiger partial charge in [-0.3, -0.25) is 4.79 Å². The van der Waals surface area contributed by atoms with Gasteiger partial charge in [-0.15, -0.1) is 0 Å². The standard InChI is InChI=1S/C27H27NO5/c1-27(2,30)18-32-23-14-11-21(17-25(23)31-3)28-16-15-24(26(28)29)33-22-12-9-20(10-13-22)19-7-5-4-6-8-19/h4-15,17,30H,16,18H2,1-3H3. The summed E-state index contributed by atoms with van der Waals surface area (Å²) >= 11 is 0. The molecule has 170 valence electrons. The Hall–Kier alpha value is -3.77. The lowest BCUT2D eigenvalue weighted by Crippen LogP contribution is -2.28. The average Bonchev–Trinajstić information content (AvgIpc) is 3.18. The molecule has 0 radical (unpaired) electrons. The van der Waals surface area contributed by atoms with E-state index in [0.29, 0.717) is 29.5 Å². The number of carbonyl (C=O) groups is 1. The van der Waals surface area contributed by atoms with Gasteiger partial charge in [0.05, 0.1) is 12.7 Å². The lowest BCUT2D eigenvalue weighted by Gasteiger charge is -2.21. The number of nitrogens with zero attached hydrogens (tertiary/aromatic N) is 1. The van der Waals surface area contributed by atoms with E-state index >= 15 is 0 Å². The average molecular weight is 446 g/mol. The van der Waals surface area contributed by atoms with Crippen molar-refractivity contribution in [2.24, 2.45) is 0 Å². The van der Waals surface area contributed by atoms with Gasteiger partial charge >= 0.3 is 0 Å². The fraction of sp³-hybridized carbons (Fsp3) is 0.222. The molecule has 1 aliphatic rings. The van der Waals surface area contributed by atoms with Crippen LogP contribution in [0.25, 0.3) is 11.1 Å². The first-order chi connectivity index (χ1) is 15.8. The maximum Gasteiger partial charge on any atom is 0.294 e. The van der Waals surface area contributed by atoms with E-state index < -0.39 is 5.60 Å². The van der Waals surface area contributed by atoms with Crippen molar-refractivity contribution in [1.29, 1.82) is 0 Å². The highest BCUT2D eigenvalue weighted by Crippen LogP contribution is 2.34. The van der Waals surface area contributed by atoms with Crippen molar-refractivity contribution < 1.29 is 24.1 Å². The Morgan fingerprint density at radius 2 is 1.64 bits per heavy atom. The van der Waals surface area contributed by atoms with Gasteiger partial charge in [0, 0.05) is 18.3 Å². The molecule has 0 spiro atoms. The SMILES string of the molecule is COc1cc(N2CC=C(Oc3ccc(-c4ccccc4)cc3)C2=O)ccc1OCC(C)(C)O. The summed E-state index contributed by atoms with van der Waals surface area (Å²) in [7, 11) is 1.54. The van der Waals surface area contributed by atoms with Gasteiger partial charge in [-0.2, -0.15) is 0 Å². The number of hydrogen-bond donors (Lipinski definition) is 1. The smallest absolute Gasteiger partial charge is 0.294 e. The molecule has 0 atom stereocenters. The molecule has 6 heteroatoms. The molecule has 0 aliphatic carbocycles. The van der Waals surface area contributed by atoms with E-state index in [-0.39, 0.29) is 18.3 Å². The Labute approximate surface area is 193 Å². The third kappa shape index (κ3) is 5.35. The monoisotopic (exact) mass is 445 g/mol. The topological polar surface area (TPSA) is 68.2 Å². The molecule has 3 aromatic carbocycles. The third-order valence-electron chi connectivity index (χ3n) is 5.14. The molecule has 1 aliphatic heterocycles. The van der Waals surface area contributed by atoms with E-state index in [2.05, 4.69) is 0 Å². The van der Waals surface area contributed by atoms with Gasteiger partial charge < -0.3 is 24.2 Å². The molecule has 33 heavy (non-hydrogen) atoms. The fourth-order valence-electron chi connectivity index (χ4n) is 3.46. The van der Waals surface area contributed by atoms with Crippen LogP contribution in [0.5, 0.6) is 17.2 Å². The second-order valence-electron chi connectivity index (χ2n) is 8.41. The largest absolute Gasteiger partial charge is 0.493 e. The molecule has 0 fully saturated rings. The second-order valence-corrected chi connectivity index (χ2v) is 8.41. The van der Waals surface area contributed by atoms with Crippen molar-refractivity contribution in [2.45, 2.75) is 19.4 Å². The lowest BCUT2D eigenvalue weighted by molar-refractivity contribution is -0.116. The first-order valence-electron chi connectivity index (χ1n) is 10.7. The zero-order chi connectivity index (χ0) is 23.4. The van der Waals surface area contributed by atoms with Gasteiger partial charge in [-0.1, -0.05) is 42.5 Å². The van der Waals surface area contributed by atoms with Crippen LogP contribution in [0.3, 0.4) is 0 Å². The number of ether oxygens (including phenoxy) is 3. The minimum Gasteiger partial charge on any atom is -0.493 e. The van der Waals surface area contributed by atoms with Gasteiger partial charge in [0.1, 0.15) is 12.4 Å². The molecule has 3 aromatic rings. The Morgan fingerprint density at radius 1 is 0.939 bits per heavy atom. The molecule has 0 unspecified atom stereocenters. The van der Waals surface area contributed by atoms with E-state index in [9.17, 15) is 9.90 Å². The van der Waals surface area contributed by atoms with Crippen molar-refractivity contribution in [3.63, 3.8) is 0 Å². The van der Waals surface area contributed by atoms with Gasteiger partial charge in [-0.05, 0) is 55.3 Å². The highest BCUT2D eigenvalue weighted by molar-refractivity contribution is 6.07. The number of aliphatic hydroxyl groups is 1. The Bertz CT molecular complexity index is 1150. The molecule has 0 aromatic heterocycles. The van der Waals surface area contributed by atoms with Crippen LogP contribution in [0.4, 0.5) is 5.69 Å². The molecule has 0 saturated heterocycles. The Kier molecular flexibility index (Phi) is 6.38. The summed E-state index contributed by atoms with van der Waals surface area (Å²) in [5, 5.41) is 9.89. The maximum absolute atomic E-state index is 13.0. The molecular weight excluding hydrogens is 418 g/mol. The minimum atomic E-state index is -0.968. The third-order valence-corrected chi connectivity index (χ3v) is 5.14. The van der Waals surface area contributed by atoms with Crippen LogP contribution in [0, 0.1) is 0 Å². The number of methoxy groups -OCH3 is 1. The highest BCUT2D eigenvalue weighted by atomic mass is 16.5. The summed E-state index contributed by atoms with van der Waals surface area (Å²) in [4.78, 5) is 14.6. The predicted molar refractivity (Wildman–Crippen MR) is 128 cm³/mol. The van der Waals surface area contributed by atoms with Crippen LogP contribution in [0.1, 0.15) is 13.8 Å². The van der Waals surface area contributed by atoms with Crippen molar-refractivity contribution >= 4 is 11.6 Å². The van der Waals surface area contributed by atoms with Crippen LogP contribution in [-0.2, 0) is 4.79 Å². The van der Waals surface area contributed by atoms with E-state index in [4.69, 9.17) is 14.2 Å². The Balaban J connectivity index is 1.43. The number of amides is 1. The molecule has 4 rings (SSSR count). The van der Waals surface area contributed by atoms with Crippen molar-refractivity contribution in [1.82, 2.24) is 0 Å². The normalized spacial score (nSPS) is 13.6. The van der Waals surface area contributed by atoms with Gasteiger partial charge in [0.2, 0.25) is 0 Å². The number of anilines is 1. The number of benzene rings is 3. The van der Waals surface area contributed by atoms with Crippen molar-refractivity contribution in [3.05, 3.63) is 84.6 Å². The summed E-state index contributed by atoms with van der Waals surface area (Å²) < 4.78 is 17.0. The second kappa shape index (κ2) is 9.38. The molecule has 1 amide bonds. The highest BCUT2D eigenvalue weighted by Gasteiger charge is 2.28. The van der Waals surface area contributed by atoms with Crippen LogP contribution in [0.15, 0.2) is 84.6 Å². The molecule has 0 bridgehead atoms. The first kappa shape index (κ1) is 22.4. The summed E-state index contributed by atoms with van der Waals surface area (Å²) in [5.74, 6) is 1.63. The maximum atomic E-state index is 13.0. The Morgan fingerprint density at radius 3 is 2.30 bits per heavy atom. The summed E-state index contributed by atoms with van der Waals surface area (Å²) in [5.41, 5.74) is 1.90. The quantitative estimate of drug-likeness (QED) is 0.538.